The molecular weight excluding hydrogens is 357 g/mol. The minimum atomic E-state index is -0.246. The summed E-state index contributed by atoms with van der Waals surface area (Å²) in [6.45, 7) is 0.744. The monoisotopic (exact) mass is 363 g/mol. The summed E-state index contributed by atoms with van der Waals surface area (Å²) in [5.41, 5.74) is 0.901. The minimum absolute atomic E-state index is 0.246. The van der Waals surface area contributed by atoms with Crippen LogP contribution >= 0.6 is 43.2 Å². The van der Waals surface area contributed by atoms with Gasteiger partial charge in [-0.25, -0.2) is 4.39 Å². The van der Waals surface area contributed by atoms with Crippen molar-refractivity contribution in [1.82, 2.24) is 0 Å². The van der Waals surface area contributed by atoms with Crippen LogP contribution in [-0.2, 0) is 6.54 Å². The summed E-state index contributed by atoms with van der Waals surface area (Å²) >= 11 is 8.25. The van der Waals surface area contributed by atoms with Gasteiger partial charge in [0.15, 0.2) is 0 Å². The van der Waals surface area contributed by atoms with Crippen molar-refractivity contribution in [3.8, 4) is 0 Å². The molecule has 1 N–H and O–H groups in total. The fraction of sp³-hybridized carbons (Fsp3) is 0.0909. The molecule has 2 rings (SSSR count). The topological polar surface area (TPSA) is 12.0 Å². The highest BCUT2D eigenvalue weighted by Crippen LogP contribution is 2.24. The molecule has 0 aliphatic carbocycles. The van der Waals surface area contributed by atoms with E-state index in [4.69, 9.17) is 0 Å². The molecule has 0 bridgehead atoms. The maximum Gasteiger partial charge on any atom is 0.137 e. The molecule has 1 aromatic heterocycles. The smallest absolute Gasteiger partial charge is 0.137 e. The lowest BCUT2D eigenvalue weighted by Gasteiger charge is -2.05. The third-order valence-corrected chi connectivity index (χ3v) is 4.25. The van der Waals surface area contributed by atoms with Crippen LogP contribution in [0.5, 0.6) is 0 Å². The molecule has 16 heavy (non-hydrogen) atoms. The molecule has 0 radical (unpaired) electrons. The van der Waals surface area contributed by atoms with Crippen LogP contribution in [-0.4, -0.2) is 0 Å². The van der Waals surface area contributed by atoms with Crippen molar-refractivity contribution in [2.75, 3.05) is 5.32 Å². The van der Waals surface area contributed by atoms with Crippen LogP contribution in [0.1, 0.15) is 4.88 Å². The average Bonchev–Trinajstić information content (AvgIpc) is 2.66. The van der Waals surface area contributed by atoms with Crippen molar-refractivity contribution >= 4 is 48.9 Å². The fourth-order valence-corrected chi connectivity index (χ4v) is 3.04. The van der Waals surface area contributed by atoms with Crippen LogP contribution < -0.4 is 5.32 Å². The molecule has 1 aromatic carbocycles. The number of benzene rings is 1. The zero-order valence-corrected chi connectivity index (χ0v) is 12.1. The van der Waals surface area contributed by atoms with Crippen LogP contribution in [0.3, 0.4) is 0 Å². The van der Waals surface area contributed by atoms with E-state index in [1.54, 1.807) is 23.5 Å². The lowest BCUT2D eigenvalue weighted by molar-refractivity contribution is 0.621. The van der Waals surface area contributed by atoms with E-state index < -0.39 is 0 Å². The summed E-state index contributed by atoms with van der Waals surface area (Å²) in [5, 5.41) is 3.24. The van der Waals surface area contributed by atoms with Crippen LogP contribution in [0.15, 0.2) is 38.6 Å². The minimum Gasteiger partial charge on any atom is -0.380 e. The number of thiophene rings is 1. The van der Waals surface area contributed by atoms with Crippen molar-refractivity contribution in [2.45, 2.75) is 6.54 Å². The molecule has 1 heterocycles. The van der Waals surface area contributed by atoms with E-state index in [9.17, 15) is 4.39 Å². The number of hydrogen-bond donors (Lipinski definition) is 1. The Kier molecular flexibility index (Phi) is 4.00. The molecule has 1 nitrogen and oxygen atoms in total. The summed E-state index contributed by atoms with van der Waals surface area (Å²) in [7, 11) is 0. The molecule has 0 spiro atoms. The summed E-state index contributed by atoms with van der Waals surface area (Å²) < 4.78 is 14.6. The van der Waals surface area contributed by atoms with E-state index in [1.165, 1.54) is 10.9 Å². The van der Waals surface area contributed by atoms with Gasteiger partial charge in [-0.1, -0.05) is 0 Å². The van der Waals surface area contributed by atoms with E-state index >= 15 is 0 Å². The first-order valence-corrected chi connectivity index (χ1v) is 6.98. The van der Waals surface area contributed by atoms with Gasteiger partial charge in [-0.15, -0.1) is 11.3 Å². The Hall–Kier alpha value is -0.390. The summed E-state index contributed by atoms with van der Waals surface area (Å²) in [4.78, 5) is 1.23. The Morgan fingerprint density at radius 3 is 2.62 bits per heavy atom. The van der Waals surface area contributed by atoms with E-state index in [0.717, 1.165) is 16.0 Å². The van der Waals surface area contributed by atoms with Gasteiger partial charge in [-0.3, -0.25) is 0 Å². The average molecular weight is 365 g/mol. The number of halogens is 3. The van der Waals surface area contributed by atoms with Crippen molar-refractivity contribution in [3.05, 3.63) is 49.3 Å². The maximum atomic E-state index is 13.0. The first kappa shape index (κ1) is 12.1. The van der Waals surface area contributed by atoms with E-state index in [0.29, 0.717) is 4.47 Å². The van der Waals surface area contributed by atoms with Crippen molar-refractivity contribution in [1.29, 1.82) is 0 Å². The molecule has 0 atom stereocenters. The van der Waals surface area contributed by atoms with Gasteiger partial charge in [-0.2, -0.15) is 0 Å². The molecule has 0 saturated carbocycles. The summed E-state index contributed by atoms with van der Waals surface area (Å²) in [6, 6.07) is 8.97. The first-order valence-electron chi connectivity index (χ1n) is 4.58. The van der Waals surface area contributed by atoms with Crippen molar-refractivity contribution in [3.63, 3.8) is 0 Å². The van der Waals surface area contributed by atoms with Crippen LogP contribution in [0.2, 0.25) is 0 Å². The zero-order chi connectivity index (χ0) is 11.5. The molecule has 0 amide bonds. The van der Waals surface area contributed by atoms with E-state index in [2.05, 4.69) is 43.2 Å². The highest BCUT2D eigenvalue weighted by atomic mass is 79.9. The third kappa shape index (κ3) is 3.06. The number of hydrogen-bond acceptors (Lipinski definition) is 2. The van der Waals surface area contributed by atoms with Crippen molar-refractivity contribution in [2.24, 2.45) is 0 Å². The Balaban J connectivity index is 2.02. The molecule has 0 aliphatic heterocycles. The third-order valence-electron chi connectivity index (χ3n) is 2.02. The molecule has 0 saturated heterocycles. The Labute approximate surface area is 114 Å². The highest BCUT2D eigenvalue weighted by molar-refractivity contribution is 9.11. The standard InChI is InChI=1S/C11H8Br2FNS/c12-9-5-7(1-3-10(9)14)15-6-8-2-4-11(13)16-8/h1-5,15H,6H2. The first-order chi connectivity index (χ1) is 7.65. The zero-order valence-electron chi connectivity index (χ0n) is 8.14. The van der Waals surface area contributed by atoms with Gasteiger partial charge < -0.3 is 5.32 Å². The maximum absolute atomic E-state index is 13.0. The van der Waals surface area contributed by atoms with Gasteiger partial charge in [-0.05, 0) is 62.2 Å². The van der Waals surface area contributed by atoms with Gasteiger partial charge in [0, 0.05) is 17.1 Å². The van der Waals surface area contributed by atoms with Crippen LogP contribution in [0.25, 0.3) is 0 Å². The fourth-order valence-electron chi connectivity index (χ4n) is 1.24. The van der Waals surface area contributed by atoms with Gasteiger partial charge in [0.05, 0.1) is 8.26 Å². The van der Waals surface area contributed by atoms with E-state index in [-0.39, 0.29) is 5.82 Å². The Morgan fingerprint density at radius 1 is 1.19 bits per heavy atom. The second kappa shape index (κ2) is 5.29. The van der Waals surface area contributed by atoms with E-state index in [1.807, 2.05) is 6.07 Å². The molecule has 0 unspecified atom stereocenters. The van der Waals surface area contributed by atoms with Crippen molar-refractivity contribution < 1.29 is 4.39 Å². The lowest BCUT2D eigenvalue weighted by Crippen LogP contribution is -1.97. The summed E-state index contributed by atoms with van der Waals surface area (Å²) in [5.74, 6) is -0.246. The number of anilines is 1. The second-order valence-corrected chi connectivity index (χ2v) is 6.59. The molecule has 0 aliphatic rings. The molecule has 84 valence electrons. The van der Waals surface area contributed by atoms with Crippen LogP contribution in [0.4, 0.5) is 10.1 Å². The molecule has 5 heteroatoms. The quantitative estimate of drug-likeness (QED) is 0.805. The molecule has 2 aromatic rings. The normalized spacial score (nSPS) is 10.4. The Bertz CT molecular complexity index is 498. The summed E-state index contributed by atoms with van der Waals surface area (Å²) in [6.07, 6.45) is 0. The van der Waals surface area contributed by atoms with Gasteiger partial charge >= 0.3 is 0 Å². The van der Waals surface area contributed by atoms with Gasteiger partial charge in [0.1, 0.15) is 5.82 Å². The number of nitrogens with one attached hydrogen (secondary N) is 1. The largest absolute Gasteiger partial charge is 0.380 e. The molecular formula is C11H8Br2FNS. The van der Waals surface area contributed by atoms with Crippen LogP contribution in [0, 0.1) is 5.82 Å². The predicted octanol–water partition coefficient (Wildman–Crippen LogP) is 5.02. The lowest BCUT2D eigenvalue weighted by atomic mass is 10.3. The predicted molar refractivity (Wildman–Crippen MR) is 73.4 cm³/mol. The number of rotatable bonds is 3. The van der Waals surface area contributed by atoms with Gasteiger partial charge in [0.2, 0.25) is 0 Å². The Morgan fingerprint density at radius 2 is 2.00 bits per heavy atom. The highest BCUT2D eigenvalue weighted by Gasteiger charge is 2.01. The second-order valence-electron chi connectivity index (χ2n) is 3.19. The SMILES string of the molecule is Fc1ccc(NCc2ccc(Br)s2)cc1Br. The van der Waals surface area contributed by atoms with Gasteiger partial charge in [0.25, 0.3) is 0 Å². The molecule has 0 fully saturated rings.